The summed E-state index contributed by atoms with van der Waals surface area (Å²) >= 11 is 0. The normalized spacial score (nSPS) is 29.6. The zero-order valence-electron chi connectivity index (χ0n) is 13.7. The minimum atomic E-state index is 0.00837. The van der Waals surface area contributed by atoms with Crippen molar-refractivity contribution >= 4 is 0 Å². The van der Waals surface area contributed by atoms with E-state index in [1.807, 2.05) is 4.90 Å². The summed E-state index contributed by atoms with van der Waals surface area (Å²) in [7, 11) is 0. The Balaban J connectivity index is 1.80. The van der Waals surface area contributed by atoms with Gasteiger partial charge in [-0.2, -0.15) is 0 Å². The van der Waals surface area contributed by atoms with Crippen LogP contribution in [0.5, 0.6) is 0 Å². The molecule has 0 radical (unpaired) electrons. The monoisotopic (exact) mass is 288 g/mol. The van der Waals surface area contributed by atoms with Crippen LogP contribution in [0.3, 0.4) is 0 Å². The van der Waals surface area contributed by atoms with E-state index < -0.39 is 0 Å². The van der Waals surface area contributed by atoms with E-state index in [0.29, 0.717) is 5.41 Å². The molecule has 0 bridgehead atoms. The highest BCUT2D eigenvalue weighted by atomic mass is 16.5. The number of hydrogen-bond acceptors (Lipinski definition) is 1. The smallest absolute Gasteiger partial charge is 0.0779 e. The van der Waals surface area contributed by atoms with Crippen molar-refractivity contribution in [3.05, 3.63) is 35.9 Å². The number of benzene rings is 1. The molecule has 21 heavy (non-hydrogen) atoms. The highest BCUT2D eigenvalue weighted by Gasteiger charge is 2.42. The van der Waals surface area contributed by atoms with Crippen LogP contribution in [0.25, 0.3) is 0 Å². The van der Waals surface area contributed by atoms with Gasteiger partial charge < -0.3 is 9.64 Å². The predicted molar refractivity (Wildman–Crippen MR) is 86.8 cm³/mol. The Morgan fingerprint density at radius 1 is 1.10 bits per heavy atom. The summed E-state index contributed by atoms with van der Waals surface area (Å²) < 4.78 is 6.01. The van der Waals surface area contributed by atoms with E-state index in [1.54, 1.807) is 0 Å². The van der Waals surface area contributed by atoms with Gasteiger partial charge in [0.15, 0.2) is 0 Å². The first-order valence-electron chi connectivity index (χ1n) is 8.63. The van der Waals surface area contributed by atoms with Gasteiger partial charge in [-0.05, 0) is 32.3 Å². The second-order valence-corrected chi connectivity index (χ2v) is 7.64. The molecule has 0 spiro atoms. The van der Waals surface area contributed by atoms with Crippen molar-refractivity contribution in [3.8, 4) is 0 Å². The van der Waals surface area contributed by atoms with Crippen molar-refractivity contribution in [1.82, 2.24) is 0 Å². The van der Waals surface area contributed by atoms with Gasteiger partial charge in [-0.15, -0.1) is 0 Å². The minimum absolute atomic E-state index is 0.00837. The number of rotatable bonds is 4. The molecule has 2 fully saturated rings. The van der Waals surface area contributed by atoms with Crippen LogP contribution in [0.4, 0.5) is 0 Å². The van der Waals surface area contributed by atoms with Gasteiger partial charge in [0.1, 0.15) is 0 Å². The Morgan fingerprint density at radius 2 is 1.81 bits per heavy atom. The molecule has 2 saturated heterocycles. The van der Waals surface area contributed by atoms with E-state index in [1.165, 1.54) is 50.9 Å². The van der Waals surface area contributed by atoms with Crippen LogP contribution in [0.15, 0.2) is 30.3 Å². The van der Waals surface area contributed by atoms with Crippen molar-refractivity contribution in [1.29, 1.82) is 0 Å². The fourth-order valence-corrected chi connectivity index (χ4v) is 4.41. The molecule has 0 aromatic heterocycles. The molecule has 1 atom stereocenters. The second-order valence-electron chi connectivity index (χ2n) is 7.64. The Bertz CT molecular complexity index is 450. The zero-order valence-corrected chi connectivity index (χ0v) is 13.7. The maximum Gasteiger partial charge on any atom is 0.0779 e. The van der Waals surface area contributed by atoms with Crippen LogP contribution in [0.2, 0.25) is 0 Å². The quantitative estimate of drug-likeness (QED) is 0.899. The van der Waals surface area contributed by atoms with Crippen LogP contribution in [0, 0.1) is 0 Å². The molecular formula is C19H30NO+. The summed E-state index contributed by atoms with van der Waals surface area (Å²) in [6.45, 7) is 9.50. The maximum absolute atomic E-state index is 6.01. The van der Waals surface area contributed by atoms with Crippen molar-refractivity contribution in [2.45, 2.75) is 57.0 Å². The second kappa shape index (κ2) is 6.10. The van der Waals surface area contributed by atoms with Gasteiger partial charge >= 0.3 is 0 Å². The van der Waals surface area contributed by atoms with E-state index in [4.69, 9.17) is 4.74 Å². The highest BCUT2D eigenvalue weighted by molar-refractivity contribution is 5.27. The molecule has 0 unspecified atom stereocenters. The number of quaternary nitrogens is 1. The molecule has 2 aliphatic rings. The molecule has 0 aliphatic carbocycles. The molecule has 3 rings (SSSR count). The largest absolute Gasteiger partial charge is 0.376 e. The number of ether oxygens (including phenoxy) is 1. The minimum Gasteiger partial charge on any atom is -0.376 e. The van der Waals surface area contributed by atoms with Crippen molar-refractivity contribution in [2.75, 3.05) is 26.2 Å². The third kappa shape index (κ3) is 3.49. The molecule has 2 heteroatoms. The first kappa shape index (κ1) is 15.1. The van der Waals surface area contributed by atoms with Gasteiger partial charge in [0, 0.05) is 31.3 Å². The van der Waals surface area contributed by atoms with Crippen molar-refractivity contribution in [2.24, 2.45) is 0 Å². The molecule has 1 N–H and O–H groups in total. The Morgan fingerprint density at radius 3 is 2.48 bits per heavy atom. The lowest BCUT2D eigenvalue weighted by Gasteiger charge is -2.45. The van der Waals surface area contributed by atoms with Crippen LogP contribution >= 0.6 is 0 Å². The first-order chi connectivity index (χ1) is 10.1. The van der Waals surface area contributed by atoms with Gasteiger partial charge in [-0.1, -0.05) is 30.3 Å². The topological polar surface area (TPSA) is 13.7 Å². The number of nitrogens with one attached hydrogen (secondary N) is 1. The summed E-state index contributed by atoms with van der Waals surface area (Å²) in [6, 6.07) is 11.2. The molecule has 2 nitrogen and oxygen atoms in total. The average Bonchev–Trinajstić information content (AvgIpc) is 2.98. The molecule has 1 aromatic rings. The average molecular weight is 288 g/mol. The Labute approximate surface area is 129 Å². The Kier molecular flexibility index (Phi) is 4.37. The predicted octanol–water partition coefficient (Wildman–Crippen LogP) is 2.58. The van der Waals surface area contributed by atoms with Gasteiger partial charge in [0.25, 0.3) is 0 Å². The van der Waals surface area contributed by atoms with Crippen LogP contribution in [-0.2, 0) is 10.2 Å². The van der Waals surface area contributed by atoms with Crippen LogP contribution in [-0.4, -0.2) is 31.8 Å². The van der Waals surface area contributed by atoms with Crippen molar-refractivity contribution in [3.63, 3.8) is 0 Å². The van der Waals surface area contributed by atoms with E-state index >= 15 is 0 Å². The maximum atomic E-state index is 6.01. The summed E-state index contributed by atoms with van der Waals surface area (Å²) in [6.07, 6.45) is 6.47. The van der Waals surface area contributed by atoms with E-state index in [2.05, 4.69) is 44.2 Å². The number of hydrogen-bond donors (Lipinski definition) is 1. The summed E-state index contributed by atoms with van der Waals surface area (Å²) in [4.78, 5) is 1.81. The molecule has 1 aromatic carbocycles. The lowest BCUT2D eigenvalue weighted by Crippen LogP contribution is -3.10. The molecule has 0 saturated carbocycles. The van der Waals surface area contributed by atoms with E-state index in [-0.39, 0.29) is 5.60 Å². The third-order valence-corrected chi connectivity index (χ3v) is 5.49. The molecule has 116 valence electrons. The molecule has 2 heterocycles. The van der Waals surface area contributed by atoms with Crippen LogP contribution in [0.1, 0.15) is 51.5 Å². The van der Waals surface area contributed by atoms with Gasteiger partial charge in [0.05, 0.1) is 25.2 Å². The summed E-state index contributed by atoms with van der Waals surface area (Å²) in [5.41, 5.74) is 1.85. The third-order valence-electron chi connectivity index (χ3n) is 5.49. The van der Waals surface area contributed by atoms with E-state index in [0.717, 1.165) is 13.0 Å². The van der Waals surface area contributed by atoms with Crippen molar-refractivity contribution < 1.29 is 9.64 Å². The summed E-state index contributed by atoms with van der Waals surface area (Å²) in [5, 5.41) is 0. The number of likely N-dealkylation sites (tertiary alicyclic amines) is 1. The first-order valence-corrected chi connectivity index (χ1v) is 8.63. The zero-order chi connectivity index (χ0) is 14.8. The van der Waals surface area contributed by atoms with Gasteiger partial charge in [-0.25, -0.2) is 0 Å². The lowest BCUT2D eigenvalue weighted by atomic mass is 9.67. The molecule has 0 amide bonds. The lowest BCUT2D eigenvalue weighted by molar-refractivity contribution is -0.888. The molecule has 2 aliphatic heterocycles. The van der Waals surface area contributed by atoms with Gasteiger partial charge in [-0.3, -0.25) is 0 Å². The Hall–Kier alpha value is -0.860. The fourth-order valence-electron chi connectivity index (χ4n) is 4.41. The SMILES string of the molecule is CC1(C)C[C@@](CC[NH+]2CCCC2)(c2ccccc2)CCO1. The highest BCUT2D eigenvalue weighted by Crippen LogP contribution is 2.43. The molecular weight excluding hydrogens is 258 g/mol. The van der Waals surface area contributed by atoms with E-state index in [9.17, 15) is 0 Å². The standard InChI is InChI=1S/C19H29NO/c1-18(2)16-19(11-15-21-18,17-8-4-3-5-9-17)10-14-20-12-6-7-13-20/h3-5,8-9H,6-7,10-16H2,1-2H3/p+1/t19-/m0/s1. The van der Waals surface area contributed by atoms with Crippen LogP contribution < -0.4 is 4.90 Å². The van der Waals surface area contributed by atoms with Gasteiger partial charge in [0.2, 0.25) is 0 Å². The fraction of sp³-hybridized carbons (Fsp3) is 0.684. The summed E-state index contributed by atoms with van der Waals surface area (Å²) in [5.74, 6) is 0.